The van der Waals surface area contributed by atoms with Gasteiger partial charge in [-0.2, -0.15) is 0 Å². The maximum absolute atomic E-state index is 5.41. The van der Waals surface area contributed by atoms with Crippen LogP contribution in [0, 0.1) is 0 Å². The van der Waals surface area contributed by atoms with Crippen LogP contribution in [0.3, 0.4) is 0 Å². The highest BCUT2D eigenvalue weighted by Crippen LogP contribution is 2.44. The summed E-state index contributed by atoms with van der Waals surface area (Å²) in [4.78, 5) is 10.1. The summed E-state index contributed by atoms with van der Waals surface area (Å²) in [6.07, 6.45) is 0. The molecule has 296 valence electrons. The largest absolute Gasteiger partial charge is 0.311 e. The molecule has 0 saturated heterocycles. The number of benzene rings is 10. The molecule has 0 aliphatic heterocycles. The standard InChI is InChI=1S/C59H40N4/c1-4-18-44(19-5-1)61(45-20-6-2-7-21-45)48-34-36-49(37-35-48)62(50-33-28-41-16-10-11-17-43(41)40-50)47-31-29-42(30-32-47)58-54-39-38-52-51-24-13-15-27-56(51)63(46-22-8-3-9-23-46)59(52)57(54)53-25-12-14-26-55(53)60-58/h1-40H. The number of nitrogens with zero attached hydrogens (tertiary/aromatic N) is 4. The van der Waals surface area contributed by atoms with Crippen molar-refractivity contribution in [2.24, 2.45) is 0 Å². The van der Waals surface area contributed by atoms with Gasteiger partial charge in [0.15, 0.2) is 0 Å². The summed E-state index contributed by atoms with van der Waals surface area (Å²) in [5.41, 5.74) is 13.0. The molecule has 0 bridgehead atoms. The van der Waals surface area contributed by atoms with Gasteiger partial charge < -0.3 is 14.4 Å². The Labute approximate surface area is 365 Å². The van der Waals surface area contributed by atoms with Crippen LogP contribution < -0.4 is 9.80 Å². The van der Waals surface area contributed by atoms with Crippen molar-refractivity contribution in [3.05, 3.63) is 243 Å². The third-order valence-corrected chi connectivity index (χ3v) is 12.3. The van der Waals surface area contributed by atoms with Crippen molar-refractivity contribution in [2.45, 2.75) is 0 Å². The Balaban J connectivity index is 1.01. The van der Waals surface area contributed by atoms with Crippen LogP contribution >= 0.6 is 0 Å². The van der Waals surface area contributed by atoms with Crippen LogP contribution in [0.1, 0.15) is 0 Å². The van der Waals surface area contributed by atoms with E-state index in [0.29, 0.717) is 0 Å². The second kappa shape index (κ2) is 15.2. The van der Waals surface area contributed by atoms with E-state index in [2.05, 4.69) is 257 Å². The average Bonchev–Trinajstić information content (AvgIpc) is 3.70. The monoisotopic (exact) mass is 804 g/mol. The van der Waals surface area contributed by atoms with Crippen molar-refractivity contribution in [1.82, 2.24) is 9.55 Å². The van der Waals surface area contributed by atoms with Crippen molar-refractivity contribution >= 4 is 88.4 Å². The summed E-state index contributed by atoms with van der Waals surface area (Å²) in [6, 6.07) is 86.8. The second-order valence-corrected chi connectivity index (χ2v) is 16.0. The molecule has 10 aromatic carbocycles. The van der Waals surface area contributed by atoms with E-state index in [9.17, 15) is 0 Å². The van der Waals surface area contributed by atoms with Gasteiger partial charge in [-0.25, -0.2) is 4.98 Å². The van der Waals surface area contributed by atoms with Crippen LogP contribution in [0.25, 0.3) is 71.2 Å². The molecular weight excluding hydrogens is 765 g/mol. The van der Waals surface area contributed by atoms with Crippen LogP contribution in [0.2, 0.25) is 0 Å². The first kappa shape index (κ1) is 36.4. The van der Waals surface area contributed by atoms with E-state index in [1.807, 2.05) is 0 Å². The number of fused-ring (bicyclic) bond motifs is 8. The Morgan fingerprint density at radius 1 is 0.333 bits per heavy atom. The first-order valence-electron chi connectivity index (χ1n) is 21.5. The van der Waals surface area contributed by atoms with Crippen LogP contribution in [-0.4, -0.2) is 9.55 Å². The maximum Gasteiger partial charge on any atom is 0.0788 e. The predicted octanol–water partition coefficient (Wildman–Crippen LogP) is 16.2. The molecule has 0 atom stereocenters. The smallest absolute Gasteiger partial charge is 0.0788 e. The normalized spacial score (nSPS) is 11.5. The molecule has 4 heteroatoms. The quantitative estimate of drug-likeness (QED) is 0.143. The second-order valence-electron chi connectivity index (χ2n) is 16.0. The summed E-state index contributed by atoms with van der Waals surface area (Å²) >= 11 is 0. The topological polar surface area (TPSA) is 24.3 Å². The minimum Gasteiger partial charge on any atom is -0.311 e. The molecule has 0 aliphatic rings. The highest BCUT2D eigenvalue weighted by molar-refractivity contribution is 6.27. The number of aromatic nitrogens is 2. The van der Waals surface area contributed by atoms with Crippen molar-refractivity contribution in [3.8, 4) is 16.9 Å². The Kier molecular flexibility index (Phi) is 8.79. The molecule has 63 heavy (non-hydrogen) atoms. The number of rotatable bonds is 8. The minimum atomic E-state index is 0.963. The van der Waals surface area contributed by atoms with Gasteiger partial charge in [0.1, 0.15) is 0 Å². The van der Waals surface area contributed by atoms with Crippen molar-refractivity contribution in [1.29, 1.82) is 0 Å². The molecule has 0 aliphatic carbocycles. The average molecular weight is 805 g/mol. The van der Waals surface area contributed by atoms with Crippen molar-refractivity contribution in [3.63, 3.8) is 0 Å². The van der Waals surface area contributed by atoms with Gasteiger partial charge >= 0.3 is 0 Å². The highest BCUT2D eigenvalue weighted by atomic mass is 15.2. The van der Waals surface area contributed by atoms with Gasteiger partial charge in [-0.3, -0.25) is 0 Å². The zero-order valence-corrected chi connectivity index (χ0v) is 34.4. The van der Waals surface area contributed by atoms with Gasteiger partial charge in [-0.1, -0.05) is 146 Å². The number of pyridine rings is 1. The van der Waals surface area contributed by atoms with E-state index in [1.54, 1.807) is 0 Å². The number of para-hydroxylation sites is 5. The molecule has 2 aromatic heterocycles. The van der Waals surface area contributed by atoms with Gasteiger partial charge in [0.25, 0.3) is 0 Å². The lowest BCUT2D eigenvalue weighted by Crippen LogP contribution is -2.12. The fraction of sp³-hybridized carbons (Fsp3) is 0. The summed E-state index contributed by atoms with van der Waals surface area (Å²) in [7, 11) is 0. The fourth-order valence-corrected chi connectivity index (χ4v) is 9.44. The molecule has 12 rings (SSSR count). The Morgan fingerprint density at radius 3 is 1.51 bits per heavy atom. The third-order valence-electron chi connectivity index (χ3n) is 12.3. The first-order valence-corrected chi connectivity index (χ1v) is 21.5. The number of hydrogen-bond acceptors (Lipinski definition) is 3. The molecular formula is C59H40N4. The minimum absolute atomic E-state index is 0.963. The number of anilines is 6. The molecule has 0 unspecified atom stereocenters. The van der Waals surface area contributed by atoms with Crippen LogP contribution in [0.5, 0.6) is 0 Å². The van der Waals surface area contributed by atoms with Crippen LogP contribution in [0.4, 0.5) is 34.1 Å². The molecule has 2 heterocycles. The molecule has 0 fully saturated rings. The molecule has 0 N–H and O–H groups in total. The lowest BCUT2D eigenvalue weighted by atomic mass is 9.97. The van der Waals surface area contributed by atoms with Gasteiger partial charge in [-0.15, -0.1) is 0 Å². The Hall–Kier alpha value is -8.47. The van der Waals surface area contributed by atoms with Crippen LogP contribution in [0.15, 0.2) is 243 Å². The van der Waals surface area contributed by atoms with E-state index in [-0.39, 0.29) is 0 Å². The van der Waals surface area contributed by atoms with Gasteiger partial charge in [0.2, 0.25) is 0 Å². The van der Waals surface area contributed by atoms with E-state index in [0.717, 1.165) is 67.4 Å². The van der Waals surface area contributed by atoms with E-state index < -0.39 is 0 Å². The van der Waals surface area contributed by atoms with Gasteiger partial charge in [-0.05, 0) is 108 Å². The Morgan fingerprint density at radius 2 is 0.825 bits per heavy atom. The van der Waals surface area contributed by atoms with Crippen molar-refractivity contribution in [2.75, 3.05) is 9.80 Å². The summed E-state index contributed by atoms with van der Waals surface area (Å²) < 4.78 is 2.43. The fourth-order valence-electron chi connectivity index (χ4n) is 9.44. The molecule has 12 aromatic rings. The van der Waals surface area contributed by atoms with E-state index in [4.69, 9.17) is 4.98 Å². The number of hydrogen-bond donors (Lipinski definition) is 0. The maximum atomic E-state index is 5.41. The molecule has 0 saturated carbocycles. The third kappa shape index (κ3) is 6.27. The van der Waals surface area contributed by atoms with Crippen LogP contribution in [-0.2, 0) is 0 Å². The predicted molar refractivity (Wildman–Crippen MR) is 266 cm³/mol. The summed E-state index contributed by atoms with van der Waals surface area (Å²) in [5, 5.41) is 8.34. The van der Waals surface area contributed by atoms with E-state index >= 15 is 0 Å². The van der Waals surface area contributed by atoms with Gasteiger partial charge in [0.05, 0.1) is 22.2 Å². The lowest BCUT2D eigenvalue weighted by molar-refractivity contribution is 1.19. The highest BCUT2D eigenvalue weighted by Gasteiger charge is 2.21. The molecule has 4 nitrogen and oxygen atoms in total. The Bertz CT molecular complexity index is 3560. The van der Waals surface area contributed by atoms with Crippen molar-refractivity contribution < 1.29 is 0 Å². The first-order chi connectivity index (χ1) is 31.3. The molecule has 0 spiro atoms. The van der Waals surface area contributed by atoms with Gasteiger partial charge in [0, 0.05) is 72.3 Å². The SMILES string of the molecule is c1ccc(N(c2ccccc2)c2ccc(N(c3ccc(-c4nc5ccccc5c5c4ccc4c6ccccc6n(-c6ccccc6)c45)cc3)c3ccc4ccccc4c3)cc2)cc1. The summed E-state index contributed by atoms with van der Waals surface area (Å²) in [5.74, 6) is 0. The molecule has 0 radical (unpaired) electrons. The zero-order chi connectivity index (χ0) is 41.7. The molecule has 0 amide bonds. The summed E-state index contributed by atoms with van der Waals surface area (Å²) in [6.45, 7) is 0. The zero-order valence-electron chi connectivity index (χ0n) is 34.4. The van der Waals surface area contributed by atoms with E-state index in [1.165, 1.54) is 38.0 Å². The lowest BCUT2D eigenvalue weighted by Gasteiger charge is -2.28.